The van der Waals surface area contributed by atoms with E-state index in [4.69, 9.17) is 0 Å². The Morgan fingerprint density at radius 3 is 2.73 bits per heavy atom. The lowest BCUT2D eigenvalue weighted by Crippen LogP contribution is -2.43. The third kappa shape index (κ3) is 2.09. The molecule has 1 heterocycles. The summed E-state index contributed by atoms with van der Waals surface area (Å²) in [5.41, 5.74) is 5.80. The fourth-order valence-electron chi connectivity index (χ4n) is 4.41. The summed E-state index contributed by atoms with van der Waals surface area (Å²) < 4.78 is 2.32. The number of benzene rings is 2. The van der Waals surface area contributed by atoms with Gasteiger partial charge in [-0.25, -0.2) is 0 Å². The summed E-state index contributed by atoms with van der Waals surface area (Å²) in [4.78, 5) is 0. The van der Waals surface area contributed by atoms with Crippen LogP contribution in [0.25, 0.3) is 0 Å². The number of aryl methyl sites for hydroxylation is 1. The van der Waals surface area contributed by atoms with Crippen molar-refractivity contribution in [1.82, 2.24) is 0 Å². The first kappa shape index (κ1) is 14.8. The molecule has 1 nitrogen and oxygen atoms in total. The van der Waals surface area contributed by atoms with Gasteiger partial charge in [-0.2, -0.15) is 0 Å². The van der Waals surface area contributed by atoms with Crippen molar-refractivity contribution >= 4 is 37.5 Å². The van der Waals surface area contributed by atoms with Crippen LogP contribution in [-0.2, 0) is 11.8 Å². The average molecular weight is 421 g/mol. The number of anilines is 1. The first-order valence-electron chi connectivity index (χ1n) is 7.82. The highest BCUT2D eigenvalue weighted by Gasteiger charge is 2.45. The fraction of sp³-hybridized carbons (Fsp3) is 0.368. The first-order valence-corrected chi connectivity index (χ1v) is 9.41. The van der Waals surface area contributed by atoms with Gasteiger partial charge in [0.1, 0.15) is 0 Å². The molecule has 1 aliphatic carbocycles. The van der Waals surface area contributed by atoms with Crippen LogP contribution in [0.15, 0.2) is 45.3 Å². The molecule has 0 spiro atoms. The number of fused-ring (bicyclic) bond motifs is 4. The van der Waals surface area contributed by atoms with Crippen molar-refractivity contribution in [2.75, 3.05) is 5.32 Å². The van der Waals surface area contributed by atoms with E-state index in [1.54, 1.807) is 0 Å². The second-order valence-corrected chi connectivity index (χ2v) is 8.77. The van der Waals surface area contributed by atoms with Gasteiger partial charge in [0.05, 0.1) is 6.04 Å². The SMILES string of the molecule is CC1(C)c2c(Br)cc(Br)cc2N[C@H]2c3ccccc3CC[C@H]21. The maximum atomic E-state index is 3.83. The Hall–Kier alpha value is -0.800. The lowest BCUT2D eigenvalue weighted by Gasteiger charge is -2.49. The molecule has 0 fully saturated rings. The molecular weight excluding hydrogens is 402 g/mol. The minimum atomic E-state index is 0.151. The summed E-state index contributed by atoms with van der Waals surface area (Å²) in [5, 5.41) is 3.83. The highest BCUT2D eigenvalue weighted by atomic mass is 79.9. The predicted octanol–water partition coefficient (Wildman–Crippen LogP) is 6.22. The van der Waals surface area contributed by atoms with Gasteiger partial charge in [-0.05, 0) is 53.0 Å². The summed E-state index contributed by atoms with van der Waals surface area (Å²) in [6.07, 6.45) is 2.43. The second-order valence-electron chi connectivity index (χ2n) is 7.00. The minimum absolute atomic E-state index is 0.151. The van der Waals surface area contributed by atoms with E-state index < -0.39 is 0 Å². The van der Waals surface area contributed by atoms with E-state index in [2.05, 4.69) is 87.4 Å². The first-order chi connectivity index (χ1) is 10.5. The molecule has 0 amide bonds. The summed E-state index contributed by atoms with van der Waals surface area (Å²) >= 11 is 7.42. The number of rotatable bonds is 0. The molecule has 1 aliphatic heterocycles. The maximum Gasteiger partial charge on any atom is 0.0553 e. The molecule has 0 saturated heterocycles. The normalized spacial score (nSPS) is 24.7. The molecule has 0 unspecified atom stereocenters. The topological polar surface area (TPSA) is 12.0 Å². The molecule has 114 valence electrons. The van der Waals surface area contributed by atoms with Crippen molar-refractivity contribution in [1.29, 1.82) is 0 Å². The number of hydrogen-bond acceptors (Lipinski definition) is 1. The molecule has 2 aromatic carbocycles. The van der Waals surface area contributed by atoms with E-state index in [1.807, 2.05) is 0 Å². The fourth-order valence-corrected chi connectivity index (χ4v) is 6.15. The molecular formula is C19H19Br2N. The quantitative estimate of drug-likeness (QED) is 0.533. The molecule has 2 atom stereocenters. The van der Waals surface area contributed by atoms with Gasteiger partial charge in [0.25, 0.3) is 0 Å². The molecule has 1 N–H and O–H groups in total. The van der Waals surface area contributed by atoms with Crippen LogP contribution in [0.5, 0.6) is 0 Å². The van der Waals surface area contributed by atoms with Crippen molar-refractivity contribution in [3.63, 3.8) is 0 Å². The van der Waals surface area contributed by atoms with Crippen molar-refractivity contribution in [2.24, 2.45) is 5.92 Å². The molecule has 3 heteroatoms. The summed E-state index contributed by atoms with van der Waals surface area (Å²) in [5.74, 6) is 0.618. The Balaban J connectivity index is 1.91. The van der Waals surface area contributed by atoms with E-state index >= 15 is 0 Å². The lowest BCUT2D eigenvalue weighted by molar-refractivity contribution is 0.239. The van der Waals surface area contributed by atoms with Gasteiger partial charge in [-0.3, -0.25) is 0 Å². The molecule has 2 aliphatic rings. The second kappa shape index (κ2) is 5.10. The van der Waals surface area contributed by atoms with E-state index in [1.165, 1.54) is 39.7 Å². The smallest absolute Gasteiger partial charge is 0.0553 e. The van der Waals surface area contributed by atoms with Crippen LogP contribution >= 0.6 is 31.9 Å². The lowest BCUT2D eigenvalue weighted by atomic mass is 9.61. The van der Waals surface area contributed by atoms with Crippen LogP contribution in [-0.4, -0.2) is 0 Å². The summed E-state index contributed by atoms with van der Waals surface area (Å²) in [7, 11) is 0. The van der Waals surface area contributed by atoms with Gasteiger partial charge in [0.15, 0.2) is 0 Å². The third-order valence-electron chi connectivity index (χ3n) is 5.45. The highest BCUT2D eigenvalue weighted by Crippen LogP contribution is 2.54. The summed E-state index contributed by atoms with van der Waals surface area (Å²) in [6, 6.07) is 13.7. The van der Waals surface area contributed by atoms with E-state index in [9.17, 15) is 0 Å². The van der Waals surface area contributed by atoms with E-state index in [0.29, 0.717) is 12.0 Å². The molecule has 0 aromatic heterocycles. The van der Waals surface area contributed by atoms with Crippen LogP contribution in [0.2, 0.25) is 0 Å². The Morgan fingerprint density at radius 1 is 1.14 bits per heavy atom. The van der Waals surface area contributed by atoms with Gasteiger partial charge in [0.2, 0.25) is 0 Å². The Bertz CT molecular complexity index is 751. The van der Waals surface area contributed by atoms with Crippen molar-refractivity contribution in [3.05, 3.63) is 62.0 Å². The van der Waals surface area contributed by atoms with Crippen molar-refractivity contribution < 1.29 is 0 Å². The van der Waals surface area contributed by atoms with Crippen molar-refractivity contribution in [3.8, 4) is 0 Å². The molecule has 0 saturated carbocycles. The monoisotopic (exact) mass is 419 g/mol. The summed E-state index contributed by atoms with van der Waals surface area (Å²) in [6.45, 7) is 4.80. The zero-order valence-electron chi connectivity index (χ0n) is 12.8. The van der Waals surface area contributed by atoms with Crippen LogP contribution in [0.3, 0.4) is 0 Å². The zero-order chi connectivity index (χ0) is 15.5. The predicted molar refractivity (Wildman–Crippen MR) is 99.5 cm³/mol. The molecule has 4 rings (SSSR count). The molecule has 22 heavy (non-hydrogen) atoms. The van der Waals surface area contributed by atoms with E-state index in [0.717, 1.165) is 4.47 Å². The molecule has 0 bridgehead atoms. The number of nitrogens with one attached hydrogen (secondary N) is 1. The number of hydrogen-bond donors (Lipinski definition) is 1. The Morgan fingerprint density at radius 2 is 1.91 bits per heavy atom. The Labute approximate surface area is 148 Å². The largest absolute Gasteiger partial charge is 0.378 e. The molecule has 0 radical (unpaired) electrons. The minimum Gasteiger partial charge on any atom is -0.378 e. The van der Waals surface area contributed by atoms with Crippen molar-refractivity contribution in [2.45, 2.75) is 38.1 Å². The van der Waals surface area contributed by atoms with Crippen LogP contribution in [0.1, 0.15) is 43.0 Å². The van der Waals surface area contributed by atoms with Crippen LogP contribution in [0, 0.1) is 5.92 Å². The van der Waals surface area contributed by atoms with E-state index in [-0.39, 0.29) is 5.41 Å². The zero-order valence-corrected chi connectivity index (χ0v) is 16.0. The Kier molecular flexibility index (Phi) is 3.43. The number of halogens is 2. The molecule has 2 aromatic rings. The third-order valence-corrected chi connectivity index (χ3v) is 6.54. The van der Waals surface area contributed by atoms with Gasteiger partial charge in [0, 0.05) is 14.6 Å². The maximum absolute atomic E-state index is 3.83. The standard InChI is InChI=1S/C19H19Br2N/c1-19(2)14-8-7-11-5-3-4-6-13(11)18(14)22-16-10-12(20)9-15(21)17(16)19/h3-6,9-10,14,18,22H,7-8H2,1-2H3/t14-,18+/m1/s1. The van der Waals surface area contributed by atoms with Crippen LogP contribution in [0.4, 0.5) is 5.69 Å². The van der Waals surface area contributed by atoms with Gasteiger partial charge < -0.3 is 5.32 Å². The van der Waals surface area contributed by atoms with Gasteiger partial charge >= 0.3 is 0 Å². The highest BCUT2D eigenvalue weighted by molar-refractivity contribution is 9.11. The average Bonchev–Trinajstić information content (AvgIpc) is 2.45. The van der Waals surface area contributed by atoms with Gasteiger partial charge in [-0.1, -0.05) is 70.0 Å². The van der Waals surface area contributed by atoms with Crippen LogP contribution < -0.4 is 5.32 Å². The van der Waals surface area contributed by atoms with Gasteiger partial charge in [-0.15, -0.1) is 0 Å².